The van der Waals surface area contributed by atoms with E-state index in [0.29, 0.717) is 0 Å². The molecule has 0 saturated carbocycles. The van der Waals surface area contributed by atoms with Gasteiger partial charge in [-0.2, -0.15) is 6.08 Å². The number of unbranched alkanes of at least 4 members (excludes halogenated alkanes) is 1. The Morgan fingerprint density at radius 3 is 2.35 bits per heavy atom. The summed E-state index contributed by atoms with van der Waals surface area (Å²) in [6.07, 6.45) is 19.3. The van der Waals surface area contributed by atoms with Gasteiger partial charge in [-0.3, -0.25) is 6.08 Å². The molecule has 2 rings (SSSR count). The maximum absolute atomic E-state index is 6.77. The van der Waals surface area contributed by atoms with Crippen molar-refractivity contribution >= 4 is 8.07 Å². The van der Waals surface area contributed by atoms with E-state index in [2.05, 4.69) is 77.2 Å². The zero-order chi connectivity index (χ0) is 17.1. The van der Waals surface area contributed by atoms with Crippen LogP contribution in [0.2, 0.25) is 13.1 Å². The number of allylic oxidation sites excluding steroid dienone is 6. The fourth-order valence-corrected chi connectivity index (χ4v) is 7.59. The summed E-state index contributed by atoms with van der Waals surface area (Å²) in [5.74, 6) is 0. The molecule has 0 amide bonds. The van der Waals surface area contributed by atoms with Gasteiger partial charge in [0.1, 0.15) is 0 Å². The van der Waals surface area contributed by atoms with Gasteiger partial charge < -0.3 is 29.6 Å². The van der Waals surface area contributed by atoms with Gasteiger partial charge in [-0.05, 0) is 23.8 Å². The predicted octanol–water partition coefficient (Wildman–Crippen LogP) is -0.0439. The SMILES string of the molecule is CCCCOC1([Si](C)(C)C2=[C-]CC=C2)CC=CC=C1C(C)(C)C.[Cl-].[Cl-].[Ti+3]. The van der Waals surface area contributed by atoms with Gasteiger partial charge in [0, 0.05) is 6.61 Å². The molecule has 0 aromatic carbocycles. The smallest absolute Gasteiger partial charge is 1.00 e. The zero-order valence-corrected chi connectivity index (χ0v) is 21.2. The van der Waals surface area contributed by atoms with Crippen molar-refractivity contribution in [3.63, 3.8) is 0 Å². The molecule has 0 N–H and O–H groups in total. The van der Waals surface area contributed by atoms with E-state index in [1.54, 1.807) is 0 Å². The van der Waals surface area contributed by atoms with Gasteiger partial charge >= 0.3 is 21.7 Å². The van der Waals surface area contributed by atoms with Crippen molar-refractivity contribution in [1.29, 1.82) is 0 Å². The molecule has 145 valence electrons. The molecule has 1 atom stereocenters. The Labute approximate surface area is 189 Å². The van der Waals surface area contributed by atoms with E-state index in [0.717, 1.165) is 25.9 Å². The molecule has 2 aliphatic rings. The van der Waals surface area contributed by atoms with Crippen LogP contribution >= 0.6 is 0 Å². The van der Waals surface area contributed by atoms with E-state index in [1.165, 1.54) is 17.2 Å². The quantitative estimate of drug-likeness (QED) is 0.315. The molecule has 0 spiro atoms. The summed E-state index contributed by atoms with van der Waals surface area (Å²) in [5.41, 5.74) is 1.58. The second-order valence-electron chi connectivity index (χ2n) is 8.31. The van der Waals surface area contributed by atoms with Crippen LogP contribution in [-0.4, -0.2) is 19.9 Å². The van der Waals surface area contributed by atoms with Crippen LogP contribution in [0.1, 0.15) is 53.4 Å². The summed E-state index contributed by atoms with van der Waals surface area (Å²) in [4.78, 5) is 0. The molecule has 1 radical (unpaired) electrons. The number of rotatable bonds is 6. The number of hydrogen-bond donors (Lipinski definition) is 0. The van der Waals surface area contributed by atoms with Crippen LogP contribution in [0.4, 0.5) is 0 Å². The molecule has 0 bridgehead atoms. The Kier molecular flexibility index (Phi) is 12.6. The fourth-order valence-electron chi connectivity index (χ4n) is 3.85. The summed E-state index contributed by atoms with van der Waals surface area (Å²) in [5, 5.41) is 1.28. The fraction of sp³-hybridized carbons (Fsp3) is 0.619. The summed E-state index contributed by atoms with van der Waals surface area (Å²) in [6, 6.07) is 0. The Hall–Kier alpha value is 0.431. The van der Waals surface area contributed by atoms with Crippen molar-refractivity contribution in [3.8, 4) is 0 Å². The topological polar surface area (TPSA) is 9.23 Å². The van der Waals surface area contributed by atoms with Crippen LogP contribution in [0.25, 0.3) is 0 Å². The van der Waals surface area contributed by atoms with Gasteiger partial charge in [0.15, 0.2) is 0 Å². The minimum Gasteiger partial charge on any atom is -1.00 e. The Bertz CT molecular complexity index is 559. The van der Waals surface area contributed by atoms with Crippen molar-refractivity contribution in [2.24, 2.45) is 5.41 Å². The first-order chi connectivity index (χ1) is 10.8. The zero-order valence-electron chi connectivity index (χ0n) is 17.1. The van der Waals surface area contributed by atoms with E-state index in [-0.39, 0.29) is 57.2 Å². The monoisotopic (exact) mass is 447 g/mol. The van der Waals surface area contributed by atoms with Crippen molar-refractivity contribution < 1.29 is 51.3 Å². The van der Waals surface area contributed by atoms with E-state index in [4.69, 9.17) is 4.74 Å². The van der Waals surface area contributed by atoms with E-state index >= 15 is 0 Å². The molecule has 1 nitrogen and oxygen atoms in total. The summed E-state index contributed by atoms with van der Waals surface area (Å²) in [7, 11) is -1.87. The first-order valence-electron chi connectivity index (χ1n) is 9.05. The van der Waals surface area contributed by atoms with Gasteiger partial charge in [0.2, 0.25) is 0 Å². The first-order valence-corrected chi connectivity index (χ1v) is 12.1. The van der Waals surface area contributed by atoms with Crippen LogP contribution < -0.4 is 24.8 Å². The molecule has 0 saturated heterocycles. The van der Waals surface area contributed by atoms with Gasteiger partial charge in [0.25, 0.3) is 0 Å². The third-order valence-corrected chi connectivity index (χ3v) is 9.60. The van der Waals surface area contributed by atoms with Crippen molar-refractivity contribution in [3.05, 3.63) is 47.2 Å². The molecule has 0 aromatic rings. The molecule has 0 aromatic heterocycles. The van der Waals surface area contributed by atoms with Gasteiger partial charge in [-0.15, -0.1) is 6.42 Å². The molecule has 1 unspecified atom stereocenters. The third kappa shape index (κ3) is 5.72. The molecular formula is C21H33Cl2OSiTi. The van der Waals surface area contributed by atoms with E-state index in [9.17, 15) is 0 Å². The molecule has 5 heteroatoms. The predicted molar refractivity (Wildman–Crippen MR) is 103 cm³/mol. The minimum absolute atomic E-state index is 0. The van der Waals surface area contributed by atoms with Crippen LogP contribution in [0.3, 0.4) is 0 Å². The second-order valence-corrected chi connectivity index (χ2v) is 12.9. The minimum atomic E-state index is -1.87. The molecule has 2 aliphatic carbocycles. The Balaban J connectivity index is 0. The maximum atomic E-state index is 6.77. The van der Waals surface area contributed by atoms with Crippen molar-refractivity contribution in [2.75, 3.05) is 6.61 Å². The summed E-state index contributed by atoms with van der Waals surface area (Å²) >= 11 is 0. The van der Waals surface area contributed by atoms with Crippen molar-refractivity contribution in [2.45, 2.75) is 71.7 Å². The van der Waals surface area contributed by atoms with E-state index < -0.39 is 8.07 Å². The Morgan fingerprint density at radius 1 is 1.19 bits per heavy atom. The van der Waals surface area contributed by atoms with E-state index in [1.807, 2.05) is 0 Å². The number of ether oxygens (including phenoxy) is 1. The van der Waals surface area contributed by atoms with Crippen LogP contribution in [0, 0.1) is 11.5 Å². The molecule has 0 aliphatic heterocycles. The van der Waals surface area contributed by atoms with Crippen molar-refractivity contribution in [1.82, 2.24) is 0 Å². The normalized spacial score (nSPS) is 21.9. The van der Waals surface area contributed by atoms with Gasteiger partial charge in [0.05, 0.1) is 13.3 Å². The molecule has 0 heterocycles. The largest absolute Gasteiger partial charge is 3.00 e. The second kappa shape index (κ2) is 11.4. The average molecular weight is 448 g/mol. The average Bonchev–Trinajstić information content (AvgIpc) is 3.01. The number of halogens is 2. The first kappa shape index (κ1) is 28.6. The molecular weight excluding hydrogens is 415 g/mol. The van der Waals surface area contributed by atoms with Gasteiger partial charge in [-0.1, -0.05) is 65.4 Å². The van der Waals surface area contributed by atoms with Crippen LogP contribution in [0.5, 0.6) is 0 Å². The summed E-state index contributed by atoms with van der Waals surface area (Å²) in [6.45, 7) is 15.0. The van der Waals surface area contributed by atoms with Crippen LogP contribution in [0.15, 0.2) is 41.1 Å². The maximum Gasteiger partial charge on any atom is 3.00 e. The van der Waals surface area contributed by atoms with Crippen LogP contribution in [-0.2, 0) is 26.5 Å². The van der Waals surface area contributed by atoms with Gasteiger partial charge in [-0.25, -0.2) is 11.3 Å². The summed E-state index contributed by atoms with van der Waals surface area (Å²) < 4.78 is 6.77. The third-order valence-electron chi connectivity index (χ3n) is 5.27. The standard InChI is InChI=1S/C21H33OSi.2ClH.Ti/c1-7-8-17-22-21(23(5,6)18-13-9-10-14-18)16-12-11-15-19(21)20(2,3)4;;;/h9,11-13,15H,7-8,10,16-17H2,1-6H3;2*1H;/q-1;;;+3/p-2. The molecule has 26 heavy (non-hydrogen) atoms. The Morgan fingerprint density at radius 2 is 1.85 bits per heavy atom. The molecule has 0 fully saturated rings. The number of hydrogen-bond acceptors (Lipinski definition) is 1.